The highest BCUT2D eigenvalue weighted by Gasteiger charge is 2.05. The summed E-state index contributed by atoms with van der Waals surface area (Å²) >= 11 is 1.76. The van der Waals surface area contributed by atoms with E-state index >= 15 is 0 Å². The number of halogens is 1. The summed E-state index contributed by atoms with van der Waals surface area (Å²) in [6.07, 6.45) is 6.49. The Morgan fingerprint density at radius 2 is 1.88 bits per heavy atom. The van der Waals surface area contributed by atoms with Crippen LogP contribution in [-0.4, -0.2) is 51.1 Å². The fraction of sp³-hybridized carbons (Fsp3) is 0.737. The smallest absolute Gasteiger partial charge is 0.191 e. The van der Waals surface area contributed by atoms with E-state index in [4.69, 9.17) is 4.99 Å². The number of hydrogen-bond acceptors (Lipinski definition) is 3. The molecule has 1 atom stereocenters. The summed E-state index contributed by atoms with van der Waals surface area (Å²) in [6, 6.07) is 2.20. The van der Waals surface area contributed by atoms with Gasteiger partial charge < -0.3 is 15.5 Å². The van der Waals surface area contributed by atoms with Gasteiger partial charge in [0.1, 0.15) is 0 Å². The van der Waals surface area contributed by atoms with Gasteiger partial charge in [0, 0.05) is 25.6 Å². The van der Waals surface area contributed by atoms with Gasteiger partial charge in [-0.1, -0.05) is 26.2 Å². The maximum atomic E-state index is 4.73. The molecule has 0 saturated heterocycles. The highest BCUT2D eigenvalue weighted by molar-refractivity contribution is 14.0. The summed E-state index contributed by atoms with van der Waals surface area (Å²) in [4.78, 5) is 6.99. The van der Waals surface area contributed by atoms with Crippen LogP contribution in [0.15, 0.2) is 21.8 Å². The second-order valence-electron chi connectivity index (χ2n) is 6.68. The second-order valence-corrected chi connectivity index (χ2v) is 7.46. The van der Waals surface area contributed by atoms with Crippen LogP contribution >= 0.6 is 35.3 Å². The molecule has 0 radical (unpaired) electrons. The zero-order chi connectivity index (χ0) is 17.6. The molecule has 1 unspecified atom stereocenters. The first-order chi connectivity index (χ1) is 11.6. The average Bonchev–Trinajstić information content (AvgIpc) is 3.08. The van der Waals surface area contributed by atoms with Crippen molar-refractivity contribution >= 4 is 41.3 Å². The van der Waals surface area contributed by atoms with E-state index in [1.807, 2.05) is 0 Å². The number of nitrogens with one attached hydrogen (secondary N) is 2. The van der Waals surface area contributed by atoms with Crippen LogP contribution in [0, 0.1) is 0 Å². The van der Waals surface area contributed by atoms with Gasteiger partial charge in [-0.2, -0.15) is 11.3 Å². The van der Waals surface area contributed by atoms with E-state index in [9.17, 15) is 0 Å². The molecule has 1 heterocycles. The third kappa shape index (κ3) is 12.6. The summed E-state index contributed by atoms with van der Waals surface area (Å²) in [5, 5.41) is 11.2. The highest BCUT2D eigenvalue weighted by atomic mass is 127. The van der Waals surface area contributed by atoms with Crippen LogP contribution in [-0.2, 0) is 0 Å². The van der Waals surface area contributed by atoms with Gasteiger partial charge >= 0.3 is 0 Å². The largest absolute Gasteiger partial charge is 0.357 e. The predicted molar refractivity (Wildman–Crippen MR) is 124 cm³/mol. The lowest BCUT2D eigenvalue weighted by Gasteiger charge is -2.13. The standard InChI is InChI=1S/C19H36N4S.HI/c1-5-20-19(22-15-17(2)18-11-14-24-16-18)21-12-9-7-6-8-10-13-23(3)4;/h11,14,16-17H,5-10,12-13,15H2,1-4H3,(H2,20,21,22);1H. The maximum Gasteiger partial charge on any atom is 0.191 e. The quantitative estimate of drug-likeness (QED) is 0.200. The Hall–Kier alpha value is -0.340. The number of thiophene rings is 1. The molecule has 146 valence electrons. The third-order valence-electron chi connectivity index (χ3n) is 4.05. The van der Waals surface area contributed by atoms with Crippen LogP contribution in [0.3, 0.4) is 0 Å². The van der Waals surface area contributed by atoms with Crippen molar-refractivity contribution in [2.75, 3.05) is 40.3 Å². The highest BCUT2D eigenvalue weighted by Crippen LogP contribution is 2.18. The normalized spacial score (nSPS) is 12.8. The van der Waals surface area contributed by atoms with Crippen LogP contribution in [0.1, 0.15) is 57.4 Å². The Morgan fingerprint density at radius 3 is 2.52 bits per heavy atom. The number of hydrogen-bond donors (Lipinski definition) is 2. The SMILES string of the molecule is CCNC(=NCC(C)c1ccsc1)NCCCCCCCN(C)C.I. The van der Waals surface area contributed by atoms with Crippen molar-refractivity contribution in [3.05, 3.63) is 22.4 Å². The summed E-state index contributed by atoms with van der Waals surface area (Å²) in [6.45, 7) is 8.30. The van der Waals surface area contributed by atoms with E-state index in [-0.39, 0.29) is 24.0 Å². The Bertz CT molecular complexity index is 435. The number of unbranched alkanes of at least 4 members (excludes halogenated alkanes) is 4. The summed E-state index contributed by atoms with van der Waals surface area (Å²) in [5.41, 5.74) is 1.39. The maximum absolute atomic E-state index is 4.73. The molecule has 0 spiro atoms. The van der Waals surface area contributed by atoms with Crippen molar-refractivity contribution in [1.82, 2.24) is 15.5 Å². The van der Waals surface area contributed by atoms with Crippen LogP contribution in [0.25, 0.3) is 0 Å². The van der Waals surface area contributed by atoms with Gasteiger partial charge in [-0.25, -0.2) is 0 Å². The molecule has 0 bridgehead atoms. The van der Waals surface area contributed by atoms with Crippen molar-refractivity contribution in [2.24, 2.45) is 4.99 Å². The molecular weight excluding hydrogens is 443 g/mol. The average molecular weight is 481 g/mol. The molecule has 0 aliphatic rings. The second kappa shape index (κ2) is 15.9. The van der Waals surface area contributed by atoms with E-state index < -0.39 is 0 Å². The molecule has 0 fully saturated rings. The molecule has 2 N–H and O–H groups in total. The molecule has 0 saturated carbocycles. The molecule has 1 rings (SSSR count). The van der Waals surface area contributed by atoms with Crippen LogP contribution in [0.2, 0.25) is 0 Å². The molecule has 25 heavy (non-hydrogen) atoms. The van der Waals surface area contributed by atoms with Crippen molar-refractivity contribution in [1.29, 1.82) is 0 Å². The van der Waals surface area contributed by atoms with Gasteiger partial charge in [-0.3, -0.25) is 4.99 Å². The van der Waals surface area contributed by atoms with Crippen LogP contribution in [0.5, 0.6) is 0 Å². The van der Waals surface area contributed by atoms with Gasteiger partial charge in [-0.15, -0.1) is 24.0 Å². The Balaban J connectivity index is 0.00000576. The number of nitrogens with zero attached hydrogens (tertiary/aromatic N) is 2. The number of rotatable bonds is 12. The number of guanidine groups is 1. The van der Waals surface area contributed by atoms with Crippen molar-refractivity contribution in [3.63, 3.8) is 0 Å². The lowest BCUT2D eigenvalue weighted by molar-refractivity contribution is 0.389. The molecular formula is C19H37IN4S. The Labute approximate surface area is 175 Å². The Kier molecular flexibility index (Phi) is 15.7. The molecule has 1 aromatic heterocycles. The van der Waals surface area contributed by atoms with Gasteiger partial charge in [0.05, 0.1) is 0 Å². The number of aliphatic imine (C=N–C) groups is 1. The Morgan fingerprint density at radius 1 is 1.16 bits per heavy atom. The summed E-state index contributed by atoms with van der Waals surface area (Å²) < 4.78 is 0. The van der Waals surface area contributed by atoms with Crippen LogP contribution in [0.4, 0.5) is 0 Å². The molecule has 0 aliphatic carbocycles. The topological polar surface area (TPSA) is 39.7 Å². The van der Waals surface area contributed by atoms with Gasteiger partial charge in [0.2, 0.25) is 0 Å². The van der Waals surface area contributed by atoms with Crippen molar-refractivity contribution in [2.45, 2.75) is 51.9 Å². The molecule has 0 aliphatic heterocycles. The van der Waals surface area contributed by atoms with Gasteiger partial charge in [0.15, 0.2) is 5.96 Å². The zero-order valence-corrected chi connectivity index (χ0v) is 19.5. The minimum Gasteiger partial charge on any atom is -0.357 e. The molecule has 6 heteroatoms. The predicted octanol–water partition coefficient (Wildman–Crippen LogP) is 4.54. The van der Waals surface area contributed by atoms with Crippen molar-refractivity contribution in [3.8, 4) is 0 Å². The van der Waals surface area contributed by atoms with Gasteiger partial charge in [-0.05, 0) is 62.8 Å². The first-order valence-electron chi connectivity index (χ1n) is 9.32. The van der Waals surface area contributed by atoms with E-state index in [2.05, 4.69) is 60.3 Å². The van der Waals surface area contributed by atoms with Crippen LogP contribution < -0.4 is 10.6 Å². The first-order valence-corrected chi connectivity index (χ1v) is 10.3. The van der Waals surface area contributed by atoms with E-state index in [0.29, 0.717) is 5.92 Å². The first kappa shape index (κ1) is 24.7. The van der Waals surface area contributed by atoms with Crippen molar-refractivity contribution < 1.29 is 0 Å². The van der Waals surface area contributed by atoms with E-state index in [1.165, 1.54) is 44.2 Å². The minimum absolute atomic E-state index is 0. The molecule has 0 aromatic carbocycles. The molecule has 1 aromatic rings. The fourth-order valence-electron chi connectivity index (χ4n) is 2.52. The lowest BCUT2D eigenvalue weighted by atomic mass is 10.1. The third-order valence-corrected chi connectivity index (χ3v) is 4.76. The van der Waals surface area contributed by atoms with E-state index in [1.54, 1.807) is 11.3 Å². The summed E-state index contributed by atoms with van der Waals surface area (Å²) in [5.74, 6) is 1.43. The monoisotopic (exact) mass is 480 g/mol. The van der Waals surface area contributed by atoms with E-state index in [0.717, 1.165) is 25.6 Å². The molecule has 4 nitrogen and oxygen atoms in total. The lowest BCUT2D eigenvalue weighted by Crippen LogP contribution is -2.38. The summed E-state index contributed by atoms with van der Waals surface area (Å²) in [7, 11) is 4.29. The van der Waals surface area contributed by atoms with Gasteiger partial charge in [0.25, 0.3) is 0 Å². The minimum atomic E-state index is 0. The molecule has 0 amide bonds. The zero-order valence-electron chi connectivity index (χ0n) is 16.4. The fourth-order valence-corrected chi connectivity index (χ4v) is 3.30.